The van der Waals surface area contributed by atoms with Gasteiger partial charge in [-0.15, -0.1) is 0 Å². The first-order chi connectivity index (χ1) is 9.26. The molecule has 0 radical (unpaired) electrons. The molecule has 0 aromatic heterocycles. The molecule has 1 aliphatic rings. The predicted octanol–water partition coefficient (Wildman–Crippen LogP) is 2.43. The van der Waals surface area contributed by atoms with Gasteiger partial charge in [-0.05, 0) is 36.0 Å². The molecule has 1 aromatic rings. The topological polar surface area (TPSA) is 32.3 Å². The van der Waals surface area contributed by atoms with Crippen molar-refractivity contribution in [1.29, 1.82) is 0 Å². The van der Waals surface area contributed by atoms with Crippen LogP contribution in [0.5, 0.6) is 0 Å². The molecule has 2 rings (SSSR count). The van der Waals surface area contributed by atoms with E-state index in [-0.39, 0.29) is 12.1 Å². The molecule has 1 saturated heterocycles. The van der Waals surface area contributed by atoms with Crippen LogP contribution in [0, 0.1) is 0 Å². The van der Waals surface area contributed by atoms with Crippen molar-refractivity contribution in [3.8, 4) is 0 Å². The lowest BCUT2D eigenvalue weighted by molar-refractivity contribution is -0.128. The maximum atomic E-state index is 11.9. The molecule has 0 bridgehead atoms. The summed E-state index contributed by atoms with van der Waals surface area (Å²) >= 11 is 1.83. The minimum Gasteiger partial charge on any atom is -0.322 e. The fraction of sp³-hybridized carbons (Fsp3) is 0.533. The van der Waals surface area contributed by atoms with Crippen LogP contribution in [0.25, 0.3) is 0 Å². The number of benzene rings is 1. The smallest absolute Gasteiger partial charge is 0.238 e. The molecule has 0 spiro atoms. The Hall–Kier alpha value is -1.00. The molecule has 1 aromatic carbocycles. The van der Waals surface area contributed by atoms with Gasteiger partial charge in [0.2, 0.25) is 5.91 Å². The summed E-state index contributed by atoms with van der Waals surface area (Å²) in [5.74, 6) is 1.32. The van der Waals surface area contributed by atoms with Crippen LogP contribution in [0.4, 0.5) is 0 Å². The zero-order chi connectivity index (χ0) is 13.7. The number of carbonyl (C=O) groups excluding carboxylic acids is 1. The van der Waals surface area contributed by atoms with Crippen molar-refractivity contribution in [3.63, 3.8) is 0 Å². The van der Waals surface area contributed by atoms with E-state index in [1.54, 1.807) is 0 Å². The summed E-state index contributed by atoms with van der Waals surface area (Å²) in [6, 6.07) is 8.58. The van der Waals surface area contributed by atoms with E-state index in [0.717, 1.165) is 25.1 Å². The summed E-state index contributed by atoms with van der Waals surface area (Å²) in [5, 5.41) is 3.31. The average Bonchev–Trinajstić information content (AvgIpc) is 2.81. The number of rotatable bonds is 6. The van der Waals surface area contributed by atoms with Crippen molar-refractivity contribution < 1.29 is 4.79 Å². The van der Waals surface area contributed by atoms with Gasteiger partial charge in [-0.25, -0.2) is 0 Å². The molecule has 1 heterocycles. The second-order valence-corrected chi connectivity index (χ2v) is 5.80. The Morgan fingerprint density at radius 1 is 1.37 bits per heavy atom. The highest BCUT2D eigenvalue weighted by atomic mass is 32.2. The lowest BCUT2D eigenvalue weighted by Gasteiger charge is -2.24. The molecule has 1 aliphatic heterocycles. The highest BCUT2D eigenvalue weighted by Crippen LogP contribution is 2.23. The van der Waals surface area contributed by atoms with Gasteiger partial charge in [0.05, 0.1) is 6.54 Å². The summed E-state index contributed by atoms with van der Waals surface area (Å²) in [6.07, 6.45) is 4.26. The van der Waals surface area contributed by atoms with Crippen LogP contribution in [0.2, 0.25) is 0 Å². The van der Waals surface area contributed by atoms with Gasteiger partial charge in [-0.3, -0.25) is 10.1 Å². The minimum absolute atomic E-state index is 0.0558. The summed E-state index contributed by atoms with van der Waals surface area (Å²) in [6.45, 7) is 3.45. The normalized spacial score (nSPS) is 19.2. The third-order valence-corrected chi connectivity index (χ3v) is 4.23. The largest absolute Gasteiger partial charge is 0.322 e. The van der Waals surface area contributed by atoms with Gasteiger partial charge in [-0.1, -0.05) is 31.2 Å². The molecular formula is C15H22N2OS. The van der Waals surface area contributed by atoms with E-state index < -0.39 is 0 Å². The molecule has 0 aliphatic carbocycles. The highest BCUT2D eigenvalue weighted by Gasteiger charge is 2.30. The third-order valence-electron chi connectivity index (χ3n) is 3.53. The van der Waals surface area contributed by atoms with Gasteiger partial charge < -0.3 is 4.90 Å². The lowest BCUT2D eigenvalue weighted by atomic mass is 10.1. The Balaban J connectivity index is 2.05. The highest BCUT2D eigenvalue weighted by molar-refractivity contribution is 7.98. The Labute approximate surface area is 119 Å². The Kier molecular flexibility index (Phi) is 5.28. The fourth-order valence-corrected chi connectivity index (χ4v) is 2.82. The van der Waals surface area contributed by atoms with Gasteiger partial charge in [0.25, 0.3) is 0 Å². The standard InChI is InChI=1S/C15H22N2OS/c1-3-12-5-7-13(8-6-12)15-16-11-14(18)17(15)9-4-10-19-2/h5-8,15-16H,3-4,9-11H2,1-2H3. The maximum absolute atomic E-state index is 11.9. The van der Waals surface area contributed by atoms with Crippen molar-refractivity contribution in [2.24, 2.45) is 0 Å². The van der Waals surface area contributed by atoms with Gasteiger partial charge in [-0.2, -0.15) is 11.8 Å². The molecular weight excluding hydrogens is 256 g/mol. The number of carbonyl (C=O) groups is 1. The molecule has 1 N–H and O–H groups in total. The zero-order valence-electron chi connectivity index (χ0n) is 11.7. The molecule has 1 fully saturated rings. The van der Waals surface area contributed by atoms with Crippen LogP contribution in [-0.2, 0) is 11.2 Å². The van der Waals surface area contributed by atoms with Crippen LogP contribution in [-0.4, -0.2) is 35.9 Å². The van der Waals surface area contributed by atoms with Crippen molar-refractivity contribution in [2.75, 3.05) is 25.1 Å². The predicted molar refractivity (Wildman–Crippen MR) is 81.3 cm³/mol. The number of aryl methyl sites for hydroxylation is 1. The summed E-state index contributed by atoms with van der Waals surface area (Å²) in [4.78, 5) is 13.9. The van der Waals surface area contributed by atoms with Crippen LogP contribution in [0.3, 0.4) is 0 Å². The van der Waals surface area contributed by atoms with E-state index in [9.17, 15) is 4.79 Å². The molecule has 1 amide bonds. The second-order valence-electron chi connectivity index (χ2n) is 4.81. The lowest BCUT2D eigenvalue weighted by Crippen LogP contribution is -2.31. The molecule has 4 heteroatoms. The molecule has 19 heavy (non-hydrogen) atoms. The van der Waals surface area contributed by atoms with Crippen molar-refractivity contribution >= 4 is 17.7 Å². The van der Waals surface area contributed by atoms with E-state index in [2.05, 4.69) is 42.8 Å². The van der Waals surface area contributed by atoms with Crippen LogP contribution in [0.1, 0.15) is 30.6 Å². The first-order valence-electron chi connectivity index (χ1n) is 6.87. The van der Waals surface area contributed by atoms with Gasteiger partial charge in [0.1, 0.15) is 6.17 Å². The number of hydrogen-bond donors (Lipinski definition) is 1. The Morgan fingerprint density at radius 3 is 2.74 bits per heavy atom. The number of thioether (sulfide) groups is 1. The Morgan fingerprint density at radius 2 is 2.11 bits per heavy atom. The fourth-order valence-electron chi connectivity index (χ4n) is 2.41. The number of amides is 1. The van der Waals surface area contributed by atoms with Crippen LogP contribution >= 0.6 is 11.8 Å². The summed E-state index contributed by atoms with van der Waals surface area (Å²) in [5.41, 5.74) is 2.52. The zero-order valence-corrected chi connectivity index (χ0v) is 12.5. The van der Waals surface area contributed by atoms with E-state index in [4.69, 9.17) is 0 Å². The van der Waals surface area contributed by atoms with E-state index in [0.29, 0.717) is 6.54 Å². The SMILES string of the molecule is CCc1ccc(C2NCC(=O)N2CCCSC)cc1. The monoisotopic (exact) mass is 278 g/mol. The number of nitrogens with zero attached hydrogens (tertiary/aromatic N) is 1. The van der Waals surface area contributed by atoms with Crippen molar-refractivity contribution in [3.05, 3.63) is 35.4 Å². The van der Waals surface area contributed by atoms with Gasteiger partial charge in [0, 0.05) is 6.54 Å². The van der Waals surface area contributed by atoms with Crippen molar-refractivity contribution in [2.45, 2.75) is 25.9 Å². The van der Waals surface area contributed by atoms with Crippen molar-refractivity contribution in [1.82, 2.24) is 10.2 Å². The quantitative estimate of drug-likeness (QED) is 0.811. The Bertz CT molecular complexity index is 419. The number of hydrogen-bond acceptors (Lipinski definition) is 3. The average molecular weight is 278 g/mol. The minimum atomic E-state index is 0.0558. The number of nitrogens with one attached hydrogen (secondary N) is 1. The second kappa shape index (κ2) is 6.96. The van der Waals surface area contributed by atoms with Gasteiger partial charge >= 0.3 is 0 Å². The molecule has 1 atom stereocenters. The first kappa shape index (κ1) is 14.4. The van der Waals surface area contributed by atoms with Crippen LogP contribution < -0.4 is 5.32 Å². The first-order valence-corrected chi connectivity index (χ1v) is 8.26. The third kappa shape index (κ3) is 3.51. The molecule has 3 nitrogen and oxygen atoms in total. The van der Waals surface area contributed by atoms with Gasteiger partial charge in [0.15, 0.2) is 0 Å². The molecule has 0 saturated carbocycles. The summed E-state index contributed by atoms with van der Waals surface area (Å²) in [7, 11) is 0. The van der Waals surface area contributed by atoms with E-state index in [1.165, 1.54) is 11.1 Å². The van der Waals surface area contributed by atoms with E-state index in [1.807, 2.05) is 16.7 Å². The molecule has 1 unspecified atom stereocenters. The van der Waals surface area contributed by atoms with E-state index >= 15 is 0 Å². The molecule has 104 valence electrons. The maximum Gasteiger partial charge on any atom is 0.238 e. The van der Waals surface area contributed by atoms with Crippen LogP contribution in [0.15, 0.2) is 24.3 Å². The summed E-state index contributed by atoms with van der Waals surface area (Å²) < 4.78 is 0.